The number of hydrogen-bond donors (Lipinski definition) is 1. The van der Waals surface area contributed by atoms with Crippen LogP contribution in [0.1, 0.15) is 10.4 Å². The van der Waals surface area contributed by atoms with E-state index >= 15 is 0 Å². The van der Waals surface area contributed by atoms with Crippen molar-refractivity contribution in [2.75, 3.05) is 19.8 Å². The molecule has 1 atom stereocenters. The third-order valence-corrected chi connectivity index (χ3v) is 3.25. The second-order valence-electron chi connectivity index (χ2n) is 4.35. The summed E-state index contributed by atoms with van der Waals surface area (Å²) in [6.45, 7) is 0.708. The zero-order valence-electron chi connectivity index (χ0n) is 11.2. The lowest BCUT2D eigenvalue weighted by Crippen LogP contribution is -2.31. The summed E-state index contributed by atoms with van der Waals surface area (Å²) in [6.07, 6.45) is 0. The number of hydrogen-bond acceptors (Lipinski definition) is 6. The number of amides is 1. The molecule has 7 nitrogen and oxygen atoms in total. The van der Waals surface area contributed by atoms with E-state index in [9.17, 15) is 19.0 Å². The van der Waals surface area contributed by atoms with E-state index in [0.29, 0.717) is 11.0 Å². The Hall–Kier alpha value is -1.95. The van der Waals surface area contributed by atoms with Gasteiger partial charge in [0.2, 0.25) is 0 Å². The van der Waals surface area contributed by atoms with E-state index in [2.05, 4.69) is 9.84 Å². The zero-order valence-corrected chi connectivity index (χ0v) is 12.1. The zero-order chi connectivity index (χ0) is 15.5. The Kier molecular flexibility index (Phi) is 4.57. The molecule has 0 spiro atoms. The highest BCUT2D eigenvalue weighted by Gasteiger charge is 2.13. The van der Waals surface area contributed by atoms with Gasteiger partial charge in [-0.2, -0.15) is 0 Å². The normalized spacial score (nSPS) is 13.8. The standard InChI is InChI=1S/C13H14NO6P/c1-21(17,18)19-7-6-14-12(15)10-8-9-4-2-3-5-11(9)20-13(10)16/h2-5,8H,6-7H2,1H3,(H,14,15)(H,17,18)/p-1. The van der Waals surface area contributed by atoms with Gasteiger partial charge in [0, 0.05) is 18.6 Å². The monoisotopic (exact) mass is 310 g/mol. The van der Waals surface area contributed by atoms with Crippen LogP contribution in [-0.4, -0.2) is 25.7 Å². The molecule has 21 heavy (non-hydrogen) atoms. The molecule has 112 valence electrons. The average molecular weight is 310 g/mol. The van der Waals surface area contributed by atoms with E-state index in [1.807, 2.05) is 0 Å². The van der Waals surface area contributed by atoms with Gasteiger partial charge in [0.25, 0.3) is 5.91 Å². The quantitative estimate of drug-likeness (QED) is 0.495. The molecule has 0 aliphatic heterocycles. The van der Waals surface area contributed by atoms with Gasteiger partial charge in [-0.3, -0.25) is 4.79 Å². The molecule has 1 aromatic carbocycles. The number of carbonyl (C=O) groups is 1. The van der Waals surface area contributed by atoms with Crippen molar-refractivity contribution in [3.05, 3.63) is 46.3 Å². The number of nitrogens with one attached hydrogen (secondary N) is 1. The van der Waals surface area contributed by atoms with Gasteiger partial charge in [-0.15, -0.1) is 0 Å². The minimum absolute atomic E-state index is 0.0365. The molecule has 1 amide bonds. The lowest BCUT2D eigenvalue weighted by Gasteiger charge is -2.17. The molecule has 0 aliphatic carbocycles. The van der Waals surface area contributed by atoms with Gasteiger partial charge in [0.05, 0.1) is 6.61 Å². The minimum atomic E-state index is -3.82. The van der Waals surface area contributed by atoms with Crippen LogP contribution in [0, 0.1) is 0 Å². The van der Waals surface area contributed by atoms with Crippen LogP contribution in [0.25, 0.3) is 11.0 Å². The molecular weight excluding hydrogens is 297 g/mol. The molecule has 0 fully saturated rings. The van der Waals surface area contributed by atoms with Crippen molar-refractivity contribution in [1.29, 1.82) is 0 Å². The Morgan fingerprint density at radius 1 is 1.43 bits per heavy atom. The molecule has 0 saturated heterocycles. The summed E-state index contributed by atoms with van der Waals surface area (Å²) in [6, 6.07) is 8.23. The smallest absolute Gasteiger partial charge is 0.349 e. The largest absolute Gasteiger partial charge is 0.779 e. The summed E-state index contributed by atoms with van der Waals surface area (Å²) in [7, 11) is -3.82. The SMILES string of the molecule is CP(=O)([O-])OCCNC(=O)c1cc2ccccc2oc1=O. The van der Waals surface area contributed by atoms with Gasteiger partial charge in [-0.25, -0.2) is 4.79 Å². The molecule has 0 aliphatic rings. The highest BCUT2D eigenvalue weighted by molar-refractivity contribution is 7.50. The van der Waals surface area contributed by atoms with Crippen LogP contribution < -0.4 is 15.8 Å². The van der Waals surface area contributed by atoms with Crippen LogP contribution in [0.5, 0.6) is 0 Å². The summed E-state index contributed by atoms with van der Waals surface area (Å²) in [5, 5.41) is 3.01. The van der Waals surface area contributed by atoms with Crippen LogP contribution in [-0.2, 0) is 9.09 Å². The first-order valence-corrected chi connectivity index (χ1v) is 8.10. The first-order chi connectivity index (χ1) is 9.87. The lowest BCUT2D eigenvalue weighted by molar-refractivity contribution is -0.196. The topological polar surface area (TPSA) is 109 Å². The van der Waals surface area contributed by atoms with Crippen molar-refractivity contribution in [3.63, 3.8) is 0 Å². The van der Waals surface area contributed by atoms with Crippen LogP contribution in [0.15, 0.2) is 39.5 Å². The van der Waals surface area contributed by atoms with E-state index < -0.39 is 19.1 Å². The van der Waals surface area contributed by atoms with Gasteiger partial charge < -0.3 is 23.7 Å². The fourth-order valence-corrected chi connectivity index (χ4v) is 2.11. The van der Waals surface area contributed by atoms with Crippen molar-refractivity contribution < 1.29 is 23.2 Å². The molecule has 1 unspecified atom stereocenters. The van der Waals surface area contributed by atoms with Crippen molar-refractivity contribution in [1.82, 2.24) is 5.32 Å². The van der Waals surface area contributed by atoms with Gasteiger partial charge >= 0.3 is 5.63 Å². The Bertz CT molecular complexity index is 763. The van der Waals surface area contributed by atoms with Gasteiger partial charge in [0.1, 0.15) is 18.7 Å². The predicted octanol–water partition coefficient (Wildman–Crippen LogP) is 0.723. The number of fused-ring (bicyclic) bond motifs is 1. The van der Waals surface area contributed by atoms with Gasteiger partial charge in [-0.1, -0.05) is 18.2 Å². The Labute approximate surface area is 120 Å². The van der Waals surface area contributed by atoms with Crippen molar-refractivity contribution >= 4 is 24.5 Å². The van der Waals surface area contributed by atoms with E-state index in [1.165, 1.54) is 6.07 Å². The maximum Gasteiger partial charge on any atom is 0.349 e. The maximum absolute atomic E-state index is 11.9. The summed E-state index contributed by atoms with van der Waals surface area (Å²) in [4.78, 5) is 34.3. The first-order valence-electron chi connectivity index (χ1n) is 6.11. The molecule has 0 bridgehead atoms. The molecule has 1 N–H and O–H groups in total. The molecule has 8 heteroatoms. The second-order valence-corrected chi connectivity index (χ2v) is 6.15. The van der Waals surface area contributed by atoms with Crippen molar-refractivity contribution in [3.8, 4) is 0 Å². The van der Waals surface area contributed by atoms with Gasteiger partial charge in [0.15, 0.2) is 0 Å². The average Bonchev–Trinajstić information content (AvgIpc) is 2.41. The Balaban J connectivity index is 2.07. The number of carbonyl (C=O) groups excluding carboxylic acids is 1. The maximum atomic E-state index is 11.9. The molecule has 1 aromatic heterocycles. The van der Waals surface area contributed by atoms with Crippen molar-refractivity contribution in [2.45, 2.75) is 0 Å². The summed E-state index contributed by atoms with van der Waals surface area (Å²) < 4.78 is 20.3. The Morgan fingerprint density at radius 2 is 2.14 bits per heavy atom. The number of benzene rings is 1. The number of rotatable bonds is 5. The molecule has 2 aromatic rings. The third-order valence-electron chi connectivity index (χ3n) is 2.60. The van der Waals surface area contributed by atoms with Crippen LogP contribution in [0.3, 0.4) is 0 Å². The van der Waals surface area contributed by atoms with Crippen LogP contribution >= 0.6 is 7.60 Å². The van der Waals surface area contributed by atoms with E-state index in [0.717, 1.165) is 6.66 Å². The summed E-state index contributed by atoms with van der Waals surface area (Å²) in [5.41, 5.74) is -0.506. The highest BCUT2D eigenvalue weighted by atomic mass is 31.2. The van der Waals surface area contributed by atoms with E-state index in [-0.39, 0.29) is 18.7 Å². The van der Waals surface area contributed by atoms with Gasteiger partial charge in [-0.05, 0) is 12.1 Å². The molecular formula is C13H13NO6P-. The van der Waals surface area contributed by atoms with E-state index in [4.69, 9.17) is 4.42 Å². The summed E-state index contributed by atoms with van der Waals surface area (Å²) in [5.74, 6) is -0.644. The first kappa shape index (κ1) is 15.4. The second kappa shape index (κ2) is 6.22. The van der Waals surface area contributed by atoms with Crippen LogP contribution in [0.2, 0.25) is 0 Å². The lowest BCUT2D eigenvalue weighted by atomic mass is 10.2. The van der Waals surface area contributed by atoms with Crippen LogP contribution in [0.4, 0.5) is 0 Å². The highest BCUT2D eigenvalue weighted by Crippen LogP contribution is 2.30. The molecule has 0 saturated carbocycles. The third kappa shape index (κ3) is 4.26. The molecule has 1 heterocycles. The molecule has 0 radical (unpaired) electrons. The van der Waals surface area contributed by atoms with E-state index in [1.54, 1.807) is 24.3 Å². The molecule has 2 rings (SSSR count). The number of para-hydroxylation sites is 1. The fourth-order valence-electron chi connectivity index (χ4n) is 1.69. The van der Waals surface area contributed by atoms with Crippen molar-refractivity contribution in [2.24, 2.45) is 0 Å². The summed E-state index contributed by atoms with van der Waals surface area (Å²) >= 11 is 0. The predicted molar refractivity (Wildman–Crippen MR) is 74.3 cm³/mol. The Morgan fingerprint density at radius 3 is 2.86 bits per heavy atom. The fraction of sp³-hybridized carbons (Fsp3) is 0.231. The minimum Gasteiger partial charge on any atom is -0.779 e.